The van der Waals surface area contributed by atoms with Gasteiger partial charge < -0.3 is 9.47 Å². The van der Waals surface area contributed by atoms with Crippen molar-refractivity contribution in [3.63, 3.8) is 0 Å². The molecule has 1 heterocycles. The molecule has 0 bridgehead atoms. The predicted octanol–water partition coefficient (Wildman–Crippen LogP) is 5.70. The summed E-state index contributed by atoms with van der Waals surface area (Å²) in [5.41, 5.74) is 4.45. The highest BCUT2D eigenvalue weighted by Gasteiger charge is 2.85. The molecule has 2 heteroatoms. The number of allylic oxidation sites excluding steroid dienone is 6. The summed E-state index contributed by atoms with van der Waals surface area (Å²) < 4.78 is 12.4. The number of hydrogen-bond acceptors (Lipinski definition) is 2. The third-order valence-electron chi connectivity index (χ3n) is 9.33. The van der Waals surface area contributed by atoms with Gasteiger partial charge in [0.15, 0.2) is 0 Å². The van der Waals surface area contributed by atoms with Crippen molar-refractivity contribution in [2.24, 2.45) is 22.7 Å². The van der Waals surface area contributed by atoms with Gasteiger partial charge in [0, 0.05) is 17.3 Å². The van der Waals surface area contributed by atoms with Gasteiger partial charge >= 0.3 is 0 Å². The minimum Gasteiger partial charge on any atom is -0.498 e. The zero-order chi connectivity index (χ0) is 17.8. The fourth-order valence-corrected chi connectivity index (χ4v) is 7.75. The van der Waals surface area contributed by atoms with Crippen molar-refractivity contribution >= 4 is 0 Å². The van der Waals surface area contributed by atoms with Gasteiger partial charge in [-0.15, -0.1) is 0 Å². The van der Waals surface area contributed by atoms with Crippen LogP contribution in [0.2, 0.25) is 0 Å². The molecule has 140 valence electrons. The third-order valence-corrected chi connectivity index (χ3v) is 9.33. The third kappa shape index (κ3) is 1.65. The average Bonchev–Trinajstić information content (AvgIpc) is 3.51. The van der Waals surface area contributed by atoms with E-state index >= 15 is 0 Å². The molecular weight excluding hydrogens is 320 g/mol. The number of epoxide rings is 1. The van der Waals surface area contributed by atoms with Crippen LogP contribution in [0, 0.1) is 22.7 Å². The van der Waals surface area contributed by atoms with E-state index in [1.807, 2.05) is 0 Å². The van der Waals surface area contributed by atoms with E-state index in [1.165, 1.54) is 56.3 Å². The number of ether oxygens (including phenoxy) is 2. The van der Waals surface area contributed by atoms with Crippen LogP contribution >= 0.6 is 0 Å². The zero-order valence-electron chi connectivity index (χ0n) is 16.6. The molecule has 2 nitrogen and oxygen atoms in total. The highest BCUT2D eigenvalue weighted by molar-refractivity contribution is 5.47. The summed E-state index contributed by atoms with van der Waals surface area (Å²) in [5, 5.41) is 0. The van der Waals surface area contributed by atoms with E-state index in [-0.39, 0.29) is 11.0 Å². The first-order chi connectivity index (χ1) is 12.5. The predicted molar refractivity (Wildman–Crippen MR) is 103 cm³/mol. The molecule has 5 aliphatic carbocycles. The maximum absolute atomic E-state index is 6.52. The van der Waals surface area contributed by atoms with E-state index in [2.05, 4.69) is 39.0 Å². The lowest BCUT2D eigenvalue weighted by atomic mass is 9.52. The number of hydrogen-bond donors (Lipinski definition) is 0. The summed E-state index contributed by atoms with van der Waals surface area (Å²) in [6.07, 6.45) is 17.7. The zero-order valence-corrected chi connectivity index (χ0v) is 16.6. The first-order valence-corrected chi connectivity index (χ1v) is 10.9. The lowest BCUT2D eigenvalue weighted by Crippen LogP contribution is -2.46. The summed E-state index contributed by atoms with van der Waals surface area (Å²) in [4.78, 5) is 0. The molecule has 1 aliphatic heterocycles. The average molecular weight is 353 g/mol. The van der Waals surface area contributed by atoms with Gasteiger partial charge in [-0.2, -0.15) is 0 Å². The Hall–Kier alpha value is -1.02. The Bertz CT molecular complexity index is 769. The highest BCUT2D eigenvalue weighted by Crippen LogP contribution is 2.80. The van der Waals surface area contributed by atoms with E-state index in [1.54, 1.807) is 5.57 Å². The van der Waals surface area contributed by atoms with Crippen LogP contribution in [0.3, 0.4) is 0 Å². The molecule has 0 N–H and O–H groups in total. The van der Waals surface area contributed by atoms with Gasteiger partial charge in [-0.3, -0.25) is 0 Å². The monoisotopic (exact) mass is 352 g/mol. The molecule has 5 atom stereocenters. The van der Waals surface area contributed by atoms with E-state index in [9.17, 15) is 0 Å². The fraction of sp³-hybridized carbons (Fsp3) is 0.750. The molecule has 1 saturated heterocycles. The number of rotatable bonds is 2. The number of fused-ring (bicyclic) bond motifs is 7. The van der Waals surface area contributed by atoms with Gasteiger partial charge in [0.2, 0.25) is 0 Å². The van der Waals surface area contributed by atoms with Crippen LogP contribution in [0.15, 0.2) is 35.1 Å². The van der Waals surface area contributed by atoms with Gasteiger partial charge in [-0.1, -0.05) is 31.6 Å². The summed E-state index contributed by atoms with van der Waals surface area (Å²) in [6.45, 7) is 7.94. The van der Waals surface area contributed by atoms with Crippen LogP contribution < -0.4 is 0 Å². The molecule has 6 aliphatic rings. The largest absolute Gasteiger partial charge is 0.498 e. The molecule has 2 saturated carbocycles. The summed E-state index contributed by atoms with van der Waals surface area (Å²) in [5.74, 6) is 2.75. The Morgan fingerprint density at radius 1 is 1.15 bits per heavy atom. The molecule has 2 spiro atoms. The second-order valence-electron chi connectivity index (χ2n) is 10.2. The van der Waals surface area contributed by atoms with Crippen LogP contribution in [-0.2, 0) is 9.47 Å². The topological polar surface area (TPSA) is 21.8 Å². The Kier molecular flexibility index (Phi) is 2.88. The van der Waals surface area contributed by atoms with Crippen LogP contribution in [-0.4, -0.2) is 17.8 Å². The molecule has 26 heavy (non-hydrogen) atoms. The first-order valence-electron chi connectivity index (χ1n) is 10.9. The Morgan fingerprint density at radius 2 is 2.00 bits per heavy atom. The second kappa shape index (κ2) is 4.69. The van der Waals surface area contributed by atoms with Gasteiger partial charge in [0.05, 0.1) is 18.0 Å². The van der Waals surface area contributed by atoms with Crippen LogP contribution in [0.1, 0.15) is 72.1 Å². The van der Waals surface area contributed by atoms with Crippen molar-refractivity contribution in [2.75, 3.05) is 6.61 Å². The SMILES string of the molecule is CCOC1=CC2=CCC3C(=CCC4(C)C3CC[C@]43OC34CC4)C2(C)CC1. The molecule has 4 unspecified atom stereocenters. The molecule has 0 aromatic rings. The van der Waals surface area contributed by atoms with Crippen molar-refractivity contribution < 1.29 is 9.47 Å². The van der Waals surface area contributed by atoms with Crippen molar-refractivity contribution in [1.29, 1.82) is 0 Å². The smallest absolute Gasteiger partial charge is 0.104 e. The molecule has 3 fully saturated rings. The van der Waals surface area contributed by atoms with Crippen LogP contribution in [0.25, 0.3) is 0 Å². The summed E-state index contributed by atoms with van der Waals surface area (Å²) in [7, 11) is 0. The fourth-order valence-electron chi connectivity index (χ4n) is 7.75. The van der Waals surface area contributed by atoms with Gasteiger partial charge in [0.1, 0.15) is 5.60 Å². The standard InChI is InChI=1S/C24H32O2/c1-4-25-17-7-10-21(2)16(15-17)5-6-18-19(21)8-11-22(3)20(18)9-12-24(22)23(26-24)13-14-23/h5,8,15,18,20H,4,6-7,9-14H2,1-3H3/t18?,20?,21?,22?,24-/m0/s1. The molecule has 6 rings (SSSR count). The molecule has 0 amide bonds. The molecular formula is C24H32O2. The van der Waals surface area contributed by atoms with Gasteiger partial charge in [-0.25, -0.2) is 0 Å². The second-order valence-corrected chi connectivity index (χ2v) is 10.2. The van der Waals surface area contributed by atoms with E-state index < -0.39 is 0 Å². The van der Waals surface area contributed by atoms with Gasteiger partial charge in [0.25, 0.3) is 0 Å². The van der Waals surface area contributed by atoms with E-state index in [0.29, 0.717) is 11.0 Å². The van der Waals surface area contributed by atoms with Crippen molar-refractivity contribution in [1.82, 2.24) is 0 Å². The highest BCUT2D eigenvalue weighted by atomic mass is 16.6. The summed E-state index contributed by atoms with van der Waals surface area (Å²) >= 11 is 0. The Labute approximate surface area is 157 Å². The quantitative estimate of drug-likeness (QED) is 0.469. The molecule has 0 aromatic carbocycles. The lowest BCUT2D eigenvalue weighted by Gasteiger charge is -2.52. The maximum Gasteiger partial charge on any atom is 0.104 e. The summed E-state index contributed by atoms with van der Waals surface area (Å²) in [6, 6.07) is 0. The van der Waals surface area contributed by atoms with Crippen molar-refractivity contribution in [3.05, 3.63) is 35.1 Å². The molecule has 0 radical (unpaired) electrons. The molecule has 0 aromatic heterocycles. The Morgan fingerprint density at radius 3 is 2.73 bits per heavy atom. The van der Waals surface area contributed by atoms with Crippen molar-refractivity contribution in [3.8, 4) is 0 Å². The minimum absolute atomic E-state index is 0.238. The van der Waals surface area contributed by atoms with Crippen molar-refractivity contribution in [2.45, 2.75) is 83.3 Å². The lowest BCUT2D eigenvalue weighted by molar-refractivity contribution is 0.0676. The van der Waals surface area contributed by atoms with Gasteiger partial charge in [-0.05, 0) is 75.4 Å². The van der Waals surface area contributed by atoms with E-state index in [0.717, 1.165) is 24.9 Å². The van der Waals surface area contributed by atoms with E-state index in [4.69, 9.17) is 9.47 Å². The maximum atomic E-state index is 6.52. The Balaban J connectivity index is 1.37. The minimum atomic E-state index is 0.238. The van der Waals surface area contributed by atoms with Crippen LogP contribution in [0.5, 0.6) is 0 Å². The first kappa shape index (κ1) is 16.0. The normalized spacial score (nSPS) is 49.6. The van der Waals surface area contributed by atoms with Crippen LogP contribution in [0.4, 0.5) is 0 Å².